The molecule has 0 spiro atoms. The molecule has 1 fully saturated rings. The second-order valence-corrected chi connectivity index (χ2v) is 7.29. The molecule has 1 amide bonds. The third kappa shape index (κ3) is 4.37. The van der Waals surface area contributed by atoms with Crippen LogP contribution in [-0.4, -0.2) is 63.1 Å². The lowest BCUT2D eigenvalue weighted by atomic mass is 10.0. The molecule has 0 bridgehead atoms. The molecule has 1 heterocycles. The smallest absolute Gasteiger partial charge is 0.244 e. The van der Waals surface area contributed by atoms with Crippen LogP contribution in [0.25, 0.3) is 0 Å². The van der Waals surface area contributed by atoms with Crippen molar-refractivity contribution in [1.82, 2.24) is 9.80 Å². The van der Waals surface area contributed by atoms with Crippen LogP contribution in [0.2, 0.25) is 5.02 Å². The molecule has 1 aliphatic rings. The Balaban J connectivity index is 1.74. The molecule has 3 rings (SSSR count). The number of carbonyl (C=O) groups is 1. The summed E-state index contributed by atoms with van der Waals surface area (Å²) >= 11 is 6.27. The Morgan fingerprint density at radius 1 is 1.07 bits per heavy atom. The van der Waals surface area contributed by atoms with E-state index in [9.17, 15) is 4.79 Å². The van der Waals surface area contributed by atoms with Crippen molar-refractivity contribution in [2.75, 3.05) is 52.3 Å². The molecule has 1 aliphatic heterocycles. The van der Waals surface area contributed by atoms with E-state index in [1.54, 1.807) is 12.0 Å². The molecule has 0 aliphatic carbocycles. The predicted octanol–water partition coefficient (Wildman–Crippen LogP) is 3.30. The normalized spacial score (nSPS) is 16.1. The minimum atomic E-state index is -0.247. The zero-order valence-corrected chi connectivity index (χ0v) is 16.8. The fourth-order valence-corrected chi connectivity index (χ4v) is 3.73. The van der Waals surface area contributed by atoms with Crippen LogP contribution in [-0.2, 0) is 4.79 Å². The van der Waals surface area contributed by atoms with Crippen molar-refractivity contribution in [1.29, 1.82) is 0 Å². The van der Waals surface area contributed by atoms with E-state index < -0.39 is 0 Å². The topological polar surface area (TPSA) is 36.0 Å². The van der Waals surface area contributed by atoms with Gasteiger partial charge in [-0.05, 0) is 23.8 Å². The van der Waals surface area contributed by atoms with Gasteiger partial charge in [0.2, 0.25) is 5.91 Å². The number of benzene rings is 2. The number of anilines is 1. The molecule has 2 aromatic rings. The van der Waals surface area contributed by atoms with E-state index in [0.29, 0.717) is 10.8 Å². The zero-order valence-electron chi connectivity index (χ0n) is 16.1. The first-order valence-corrected chi connectivity index (χ1v) is 9.47. The Hall–Kier alpha value is -2.24. The van der Waals surface area contributed by atoms with Crippen LogP contribution in [0.1, 0.15) is 11.6 Å². The van der Waals surface area contributed by atoms with Crippen molar-refractivity contribution < 1.29 is 9.53 Å². The minimum absolute atomic E-state index is 0.113. The van der Waals surface area contributed by atoms with E-state index in [1.807, 2.05) is 62.6 Å². The van der Waals surface area contributed by atoms with Crippen molar-refractivity contribution >= 4 is 23.2 Å². The number of amides is 1. The summed E-state index contributed by atoms with van der Waals surface area (Å²) in [7, 11) is 5.24. The molecule has 0 radical (unpaired) electrons. The fraction of sp³-hybridized carbons (Fsp3) is 0.381. The summed E-state index contributed by atoms with van der Waals surface area (Å²) in [5.74, 6) is 0.793. The van der Waals surface area contributed by atoms with Crippen molar-refractivity contribution in [3.63, 3.8) is 0 Å². The van der Waals surface area contributed by atoms with Gasteiger partial charge < -0.3 is 14.5 Å². The number of nitrogens with zero attached hydrogens (tertiary/aromatic N) is 3. The van der Waals surface area contributed by atoms with Gasteiger partial charge in [0, 0.05) is 46.0 Å². The molecule has 27 heavy (non-hydrogen) atoms. The number of methoxy groups -OCH3 is 1. The average molecular weight is 388 g/mol. The number of hydrogen-bond donors (Lipinski definition) is 0. The van der Waals surface area contributed by atoms with Crippen LogP contribution in [0, 0.1) is 0 Å². The molecule has 144 valence electrons. The summed E-state index contributed by atoms with van der Waals surface area (Å²) in [4.78, 5) is 19.1. The summed E-state index contributed by atoms with van der Waals surface area (Å²) in [6.45, 7) is 3.30. The summed E-state index contributed by atoms with van der Waals surface area (Å²) in [5, 5.41) is 0.613. The van der Waals surface area contributed by atoms with Crippen molar-refractivity contribution in [2.24, 2.45) is 0 Å². The Morgan fingerprint density at radius 3 is 2.30 bits per heavy atom. The number of carbonyl (C=O) groups excluding carboxylic acids is 1. The van der Waals surface area contributed by atoms with Gasteiger partial charge in [-0.25, -0.2) is 0 Å². The van der Waals surface area contributed by atoms with E-state index in [2.05, 4.69) is 9.80 Å². The lowest BCUT2D eigenvalue weighted by molar-refractivity contribution is -0.134. The summed E-state index contributed by atoms with van der Waals surface area (Å²) in [6, 6.07) is 15.6. The van der Waals surface area contributed by atoms with E-state index in [-0.39, 0.29) is 11.9 Å². The molecule has 5 nitrogen and oxygen atoms in total. The lowest BCUT2D eigenvalue weighted by Gasteiger charge is -2.40. The highest BCUT2D eigenvalue weighted by Gasteiger charge is 2.31. The fourth-order valence-electron chi connectivity index (χ4n) is 3.48. The highest BCUT2D eigenvalue weighted by molar-refractivity contribution is 6.32. The first-order chi connectivity index (χ1) is 13.0. The average Bonchev–Trinajstić information content (AvgIpc) is 2.69. The van der Waals surface area contributed by atoms with E-state index in [0.717, 1.165) is 37.4 Å². The maximum atomic E-state index is 12.8. The van der Waals surface area contributed by atoms with Gasteiger partial charge in [0.25, 0.3) is 0 Å². The second kappa shape index (κ2) is 8.63. The lowest BCUT2D eigenvalue weighted by Crippen LogP contribution is -2.51. The van der Waals surface area contributed by atoms with Crippen LogP contribution < -0.4 is 9.64 Å². The number of ether oxygens (including phenoxy) is 1. The van der Waals surface area contributed by atoms with E-state index >= 15 is 0 Å². The van der Waals surface area contributed by atoms with Gasteiger partial charge in [-0.2, -0.15) is 0 Å². The second-order valence-electron chi connectivity index (χ2n) is 6.89. The quantitative estimate of drug-likeness (QED) is 0.788. The third-order valence-electron chi connectivity index (χ3n) is 4.97. The first kappa shape index (κ1) is 19.5. The van der Waals surface area contributed by atoms with Crippen LogP contribution >= 0.6 is 11.6 Å². The molecule has 1 saturated heterocycles. The molecule has 6 heteroatoms. The number of halogens is 1. The number of hydrogen-bond acceptors (Lipinski definition) is 4. The SMILES string of the molecule is COc1ccc(N2CCN(C(C(=O)N(C)C)c3ccccc3)CC2)cc1Cl. The summed E-state index contributed by atoms with van der Waals surface area (Å²) in [5.41, 5.74) is 2.12. The van der Waals surface area contributed by atoms with Gasteiger partial charge in [-0.1, -0.05) is 41.9 Å². The van der Waals surface area contributed by atoms with Gasteiger partial charge in [0.1, 0.15) is 11.8 Å². The van der Waals surface area contributed by atoms with Crippen LogP contribution in [0.15, 0.2) is 48.5 Å². The van der Waals surface area contributed by atoms with E-state index in [4.69, 9.17) is 16.3 Å². The van der Waals surface area contributed by atoms with Crippen LogP contribution in [0.4, 0.5) is 5.69 Å². The third-order valence-corrected chi connectivity index (χ3v) is 5.27. The molecular formula is C21H26ClN3O2. The van der Waals surface area contributed by atoms with Crippen LogP contribution in [0.3, 0.4) is 0 Å². The van der Waals surface area contributed by atoms with Crippen LogP contribution in [0.5, 0.6) is 5.75 Å². The summed E-state index contributed by atoms with van der Waals surface area (Å²) < 4.78 is 5.23. The number of piperazine rings is 1. The van der Waals surface area contributed by atoms with Crippen molar-refractivity contribution in [3.05, 3.63) is 59.1 Å². The standard InChI is InChI=1S/C21H26ClN3O2/c1-23(2)21(26)20(16-7-5-4-6-8-16)25-13-11-24(12-14-25)17-9-10-19(27-3)18(22)15-17/h4-10,15,20H,11-14H2,1-3H3. The Kier molecular flexibility index (Phi) is 6.24. The molecular weight excluding hydrogens is 362 g/mol. The van der Waals surface area contributed by atoms with Gasteiger partial charge in [0.15, 0.2) is 0 Å². The molecule has 0 N–H and O–H groups in total. The Labute approximate surface area is 166 Å². The first-order valence-electron chi connectivity index (χ1n) is 9.10. The highest BCUT2D eigenvalue weighted by atomic mass is 35.5. The van der Waals surface area contributed by atoms with Gasteiger partial charge in [0.05, 0.1) is 12.1 Å². The zero-order chi connectivity index (χ0) is 19.4. The number of likely N-dealkylation sites (N-methyl/N-ethyl adjacent to an activating group) is 1. The number of rotatable bonds is 5. The maximum absolute atomic E-state index is 12.8. The molecule has 1 atom stereocenters. The van der Waals surface area contributed by atoms with Gasteiger partial charge in [-0.3, -0.25) is 9.69 Å². The predicted molar refractivity (Wildman–Crippen MR) is 110 cm³/mol. The largest absolute Gasteiger partial charge is 0.495 e. The van der Waals surface area contributed by atoms with Crippen molar-refractivity contribution in [3.8, 4) is 5.75 Å². The summed E-state index contributed by atoms with van der Waals surface area (Å²) in [6.07, 6.45) is 0. The maximum Gasteiger partial charge on any atom is 0.244 e. The molecule has 1 unspecified atom stereocenters. The minimum Gasteiger partial charge on any atom is -0.495 e. The van der Waals surface area contributed by atoms with E-state index in [1.165, 1.54) is 0 Å². The van der Waals surface area contributed by atoms with Gasteiger partial charge >= 0.3 is 0 Å². The highest BCUT2D eigenvalue weighted by Crippen LogP contribution is 2.31. The van der Waals surface area contributed by atoms with Gasteiger partial charge in [-0.15, -0.1) is 0 Å². The molecule has 0 aromatic heterocycles. The Bertz CT molecular complexity index is 774. The molecule has 0 saturated carbocycles. The Morgan fingerprint density at radius 2 is 1.74 bits per heavy atom. The van der Waals surface area contributed by atoms with Crippen molar-refractivity contribution in [2.45, 2.75) is 6.04 Å². The molecule has 2 aromatic carbocycles. The monoisotopic (exact) mass is 387 g/mol.